The molecule has 0 aliphatic heterocycles. The fourth-order valence-electron chi connectivity index (χ4n) is 3.79. The molecule has 3 heterocycles. The Labute approximate surface area is 219 Å². The van der Waals surface area contributed by atoms with Gasteiger partial charge in [-0.15, -0.1) is 0 Å². The van der Waals surface area contributed by atoms with Gasteiger partial charge in [0.15, 0.2) is 0 Å². The normalized spacial score (nSPS) is 13.0. The maximum Gasteiger partial charge on any atom is 0.474 e. The predicted molar refractivity (Wildman–Crippen MR) is 144 cm³/mol. The number of fused-ring (bicyclic) bond motifs is 1. The number of amides is 1. The number of nitriles is 1. The molecule has 0 aliphatic carbocycles. The lowest BCUT2D eigenvalue weighted by Crippen LogP contribution is -2.18. The van der Waals surface area contributed by atoms with Crippen molar-refractivity contribution in [3.8, 4) is 28.3 Å². The monoisotopic (exact) mass is 531 g/mol. The van der Waals surface area contributed by atoms with Crippen LogP contribution in [-0.2, 0) is 25.1 Å². The highest BCUT2D eigenvalue weighted by Gasteiger charge is 2.29. The molecule has 0 aliphatic rings. The molecule has 4 aromatic rings. The van der Waals surface area contributed by atoms with Crippen LogP contribution in [0.25, 0.3) is 33.3 Å². The second kappa shape index (κ2) is 10.7. The van der Waals surface area contributed by atoms with E-state index in [4.69, 9.17) is 9.05 Å². The molecule has 10 nitrogen and oxygen atoms in total. The highest BCUT2D eigenvalue weighted by molar-refractivity contribution is 7.47. The first kappa shape index (κ1) is 26.9. The summed E-state index contributed by atoms with van der Waals surface area (Å²) in [5.74, 6) is -0.322. The summed E-state index contributed by atoms with van der Waals surface area (Å²) < 4.78 is 24.5. The smallest absolute Gasteiger partial charge is 0.323 e. The van der Waals surface area contributed by atoms with Crippen LogP contribution in [0.4, 0.5) is 5.69 Å². The second-order valence-corrected chi connectivity index (χ2v) is 10.7. The number of rotatable bonds is 8. The first-order chi connectivity index (χ1) is 18.0. The van der Waals surface area contributed by atoms with Crippen molar-refractivity contribution in [2.45, 2.75) is 33.1 Å². The third-order valence-corrected chi connectivity index (χ3v) is 6.52. The quantitative estimate of drug-likeness (QED) is 0.220. The van der Waals surface area contributed by atoms with E-state index in [1.54, 1.807) is 55.9 Å². The summed E-state index contributed by atoms with van der Waals surface area (Å²) in [6, 6.07) is 14.6. The number of nitrogens with zero attached hydrogens (tertiary/aromatic N) is 4. The van der Waals surface area contributed by atoms with E-state index in [0.717, 1.165) is 16.7 Å². The molecule has 0 saturated heterocycles. The molecule has 0 saturated carbocycles. The van der Waals surface area contributed by atoms with Crippen molar-refractivity contribution >= 4 is 30.5 Å². The van der Waals surface area contributed by atoms with E-state index in [1.165, 1.54) is 12.3 Å². The Morgan fingerprint density at radius 2 is 2.00 bits per heavy atom. The van der Waals surface area contributed by atoms with Crippen LogP contribution in [0.15, 0.2) is 73.7 Å². The number of carbonyl (C=O) groups excluding carboxylic acids is 1. The van der Waals surface area contributed by atoms with E-state index >= 15 is 0 Å². The molecule has 0 fully saturated rings. The SMILES string of the molecule is C=CC(=O)Nc1cccc(-c2cnc3c(c2)c(-c2ccnc(C#N)c2)cn3COP(=O)(O)OC(C)(C)C)c1. The molecule has 194 valence electrons. The number of phosphoric ester groups is 1. The van der Waals surface area contributed by atoms with Crippen LogP contribution in [-0.4, -0.2) is 30.9 Å². The van der Waals surface area contributed by atoms with Gasteiger partial charge in [0.1, 0.15) is 24.1 Å². The summed E-state index contributed by atoms with van der Waals surface area (Å²) in [6.07, 6.45) is 6.12. The summed E-state index contributed by atoms with van der Waals surface area (Å²) in [5.41, 5.74) is 3.46. The van der Waals surface area contributed by atoms with E-state index in [9.17, 15) is 19.5 Å². The highest BCUT2D eigenvalue weighted by Crippen LogP contribution is 2.47. The van der Waals surface area contributed by atoms with Gasteiger partial charge in [0.2, 0.25) is 5.91 Å². The zero-order valence-electron chi connectivity index (χ0n) is 21.1. The van der Waals surface area contributed by atoms with Gasteiger partial charge in [-0.25, -0.2) is 14.5 Å². The van der Waals surface area contributed by atoms with Crippen molar-refractivity contribution in [1.29, 1.82) is 5.26 Å². The summed E-state index contributed by atoms with van der Waals surface area (Å²) in [7, 11) is -4.35. The fourth-order valence-corrected chi connectivity index (χ4v) is 4.81. The molecule has 1 atom stereocenters. The third-order valence-electron chi connectivity index (χ3n) is 5.30. The standard InChI is InChI=1S/C27H26N5O5P/c1-5-25(33)31-21-8-6-7-18(11-21)20-13-23-24(19-9-10-29-22(12-19)14-28)16-32(26(23)30-15-20)17-36-38(34,35)37-27(2,3)4/h5-13,15-16H,1,17H2,2-4H3,(H,31,33)(H,34,35). The third kappa shape index (κ3) is 6.40. The Morgan fingerprint density at radius 1 is 1.21 bits per heavy atom. The number of carbonyl (C=O) groups is 1. The van der Waals surface area contributed by atoms with E-state index in [0.29, 0.717) is 22.3 Å². The number of hydrogen-bond donors (Lipinski definition) is 2. The lowest BCUT2D eigenvalue weighted by Gasteiger charge is -2.22. The van der Waals surface area contributed by atoms with Crippen LogP contribution in [0.5, 0.6) is 0 Å². The van der Waals surface area contributed by atoms with Crippen LogP contribution in [0.1, 0.15) is 26.5 Å². The maximum absolute atomic E-state index is 12.5. The average molecular weight is 532 g/mol. The van der Waals surface area contributed by atoms with Crippen LogP contribution >= 0.6 is 7.82 Å². The molecule has 1 amide bonds. The van der Waals surface area contributed by atoms with E-state index in [1.807, 2.05) is 30.3 Å². The number of nitrogens with one attached hydrogen (secondary N) is 1. The van der Waals surface area contributed by atoms with Gasteiger partial charge in [-0.05, 0) is 68.3 Å². The minimum atomic E-state index is -4.35. The van der Waals surface area contributed by atoms with Crippen molar-refractivity contribution in [3.05, 3.63) is 79.4 Å². The number of benzene rings is 1. The second-order valence-electron chi connectivity index (χ2n) is 9.35. The number of hydrogen-bond acceptors (Lipinski definition) is 7. The lowest BCUT2D eigenvalue weighted by molar-refractivity contribution is -0.111. The molecule has 1 unspecified atom stereocenters. The Kier molecular flexibility index (Phi) is 7.58. The Hall–Kier alpha value is -4.13. The maximum atomic E-state index is 12.5. The summed E-state index contributed by atoms with van der Waals surface area (Å²) >= 11 is 0. The molecular weight excluding hydrogens is 505 g/mol. The zero-order valence-corrected chi connectivity index (χ0v) is 22.0. The Morgan fingerprint density at radius 3 is 2.71 bits per heavy atom. The summed E-state index contributed by atoms with van der Waals surface area (Å²) in [4.78, 5) is 30.6. The van der Waals surface area contributed by atoms with Gasteiger partial charge in [-0.1, -0.05) is 18.7 Å². The number of aromatic nitrogens is 3. The number of phosphoric acid groups is 1. The van der Waals surface area contributed by atoms with Crippen LogP contribution in [0, 0.1) is 11.3 Å². The zero-order chi connectivity index (χ0) is 27.5. The average Bonchev–Trinajstić information content (AvgIpc) is 3.24. The Bertz CT molecular complexity index is 1620. The first-order valence-electron chi connectivity index (χ1n) is 11.6. The molecule has 0 spiro atoms. The lowest BCUT2D eigenvalue weighted by atomic mass is 10.0. The van der Waals surface area contributed by atoms with Crippen molar-refractivity contribution < 1.29 is 23.3 Å². The molecular formula is C27H26N5O5P. The van der Waals surface area contributed by atoms with Crippen LogP contribution < -0.4 is 5.32 Å². The van der Waals surface area contributed by atoms with Crippen molar-refractivity contribution in [2.75, 3.05) is 5.32 Å². The topological polar surface area (TPSA) is 139 Å². The van der Waals surface area contributed by atoms with Crippen molar-refractivity contribution in [3.63, 3.8) is 0 Å². The number of pyridine rings is 2. The fraction of sp³-hybridized carbons (Fsp3) is 0.185. The van der Waals surface area contributed by atoms with Gasteiger partial charge < -0.3 is 14.8 Å². The van der Waals surface area contributed by atoms with Gasteiger partial charge >= 0.3 is 7.82 Å². The molecule has 38 heavy (non-hydrogen) atoms. The first-order valence-corrected chi connectivity index (χ1v) is 13.0. The van der Waals surface area contributed by atoms with Gasteiger partial charge in [-0.3, -0.25) is 13.8 Å². The Balaban J connectivity index is 1.79. The van der Waals surface area contributed by atoms with E-state index in [2.05, 4.69) is 21.9 Å². The predicted octanol–water partition coefficient (Wildman–Crippen LogP) is 5.65. The molecule has 4 rings (SSSR count). The minimum absolute atomic E-state index is 0.243. The molecule has 1 aromatic carbocycles. The summed E-state index contributed by atoms with van der Waals surface area (Å²) in [5, 5.41) is 12.8. The molecule has 0 bridgehead atoms. The van der Waals surface area contributed by atoms with Crippen LogP contribution in [0.3, 0.4) is 0 Å². The largest absolute Gasteiger partial charge is 0.474 e. The number of anilines is 1. The molecule has 3 aromatic heterocycles. The van der Waals surface area contributed by atoms with Crippen LogP contribution in [0.2, 0.25) is 0 Å². The van der Waals surface area contributed by atoms with Gasteiger partial charge in [0.05, 0.1) is 5.60 Å². The summed E-state index contributed by atoms with van der Waals surface area (Å²) in [6.45, 7) is 8.13. The van der Waals surface area contributed by atoms with Gasteiger partial charge in [-0.2, -0.15) is 5.26 Å². The van der Waals surface area contributed by atoms with Gasteiger partial charge in [0.25, 0.3) is 0 Å². The minimum Gasteiger partial charge on any atom is -0.323 e. The van der Waals surface area contributed by atoms with E-state index < -0.39 is 13.4 Å². The molecule has 11 heteroatoms. The molecule has 0 radical (unpaired) electrons. The van der Waals surface area contributed by atoms with Crippen molar-refractivity contribution in [1.82, 2.24) is 14.5 Å². The highest BCUT2D eigenvalue weighted by atomic mass is 31.2. The molecule has 2 N–H and O–H groups in total. The van der Waals surface area contributed by atoms with Crippen molar-refractivity contribution in [2.24, 2.45) is 0 Å². The van der Waals surface area contributed by atoms with E-state index in [-0.39, 0.29) is 18.3 Å². The van der Waals surface area contributed by atoms with Gasteiger partial charge in [0, 0.05) is 40.8 Å².